The highest BCUT2D eigenvalue weighted by molar-refractivity contribution is 7.89. The molecule has 1 N–H and O–H groups in total. The number of rotatable bonds is 3. The molecule has 0 spiro atoms. The van der Waals surface area contributed by atoms with E-state index in [1.165, 1.54) is 12.1 Å². The summed E-state index contributed by atoms with van der Waals surface area (Å²) in [6.07, 6.45) is 0.839. The van der Waals surface area contributed by atoms with Crippen LogP contribution in [-0.2, 0) is 10.0 Å². The third-order valence-corrected chi connectivity index (χ3v) is 5.28. The third-order valence-electron chi connectivity index (χ3n) is 3.50. The van der Waals surface area contributed by atoms with Crippen molar-refractivity contribution < 1.29 is 12.8 Å². The highest BCUT2D eigenvalue weighted by atomic mass is 32.2. The molecule has 1 aliphatic rings. The van der Waals surface area contributed by atoms with Gasteiger partial charge in [0.05, 0.1) is 4.90 Å². The van der Waals surface area contributed by atoms with Crippen LogP contribution in [-0.4, -0.2) is 14.5 Å². The fourth-order valence-electron chi connectivity index (χ4n) is 2.24. The molecule has 18 heavy (non-hydrogen) atoms. The van der Waals surface area contributed by atoms with Gasteiger partial charge < -0.3 is 0 Å². The number of nitrogens with one attached hydrogen (secondary N) is 1. The quantitative estimate of drug-likeness (QED) is 0.918. The van der Waals surface area contributed by atoms with Gasteiger partial charge in [0.2, 0.25) is 10.0 Å². The lowest BCUT2D eigenvalue weighted by molar-refractivity contribution is 0.553. The molecule has 1 fully saturated rings. The molecule has 0 heterocycles. The van der Waals surface area contributed by atoms with E-state index in [0.29, 0.717) is 11.1 Å². The van der Waals surface area contributed by atoms with Crippen LogP contribution in [0.15, 0.2) is 17.0 Å². The molecule has 0 amide bonds. The zero-order valence-corrected chi connectivity index (χ0v) is 11.9. The van der Waals surface area contributed by atoms with Gasteiger partial charge in [-0.05, 0) is 48.9 Å². The molecule has 1 unspecified atom stereocenters. The maximum atomic E-state index is 13.2. The summed E-state index contributed by atoms with van der Waals surface area (Å²) in [5, 5.41) is 0. The Kier molecular flexibility index (Phi) is 3.02. The van der Waals surface area contributed by atoms with Gasteiger partial charge in [0.15, 0.2) is 0 Å². The molecule has 0 aliphatic heterocycles. The summed E-state index contributed by atoms with van der Waals surface area (Å²) in [7, 11) is -3.56. The van der Waals surface area contributed by atoms with Gasteiger partial charge in [-0.15, -0.1) is 0 Å². The Labute approximate surface area is 107 Å². The van der Waals surface area contributed by atoms with Crippen LogP contribution in [0.25, 0.3) is 0 Å². The van der Waals surface area contributed by atoms with Gasteiger partial charge in [-0.3, -0.25) is 0 Å². The predicted octanol–water partition coefficient (Wildman–Crippen LogP) is 2.52. The summed E-state index contributed by atoms with van der Waals surface area (Å²) in [6, 6.07) is 2.48. The monoisotopic (exact) mass is 271 g/mol. The summed E-state index contributed by atoms with van der Waals surface area (Å²) in [4.78, 5) is 0.201. The fraction of sp³-hybridized carbons (Fsp3) is 0.538. The van der Waals surface area contributed by atoms with Crippen LogP contribution in [0.4, 0.5) is 4.39 Å². The second-order valence-corrected chi connectivity index (χ2v) is 7.39. The SMILES string of the molecule is Cc1cc(F)cc(C)c1S(=O)(=O)NC1CC1(C)C. The molecule has 0 radical (unpaired) electrons. The maximum absolute atomic E-state index is 13.2. The number of hydrogen-bond acceptors (Lipinski definition) is 2. The fourth-order valence-corrected chi connectivity index (χ4v) is 4.10. The van der Waals surface area contributed by atoms with Crippen LogP contribution in [0.3, 0.4) is 0 Å². The lowest BCUT2D eigenvalue weighted by atomic mass is 10.1. The van der Waals surface area contributed by atoms with E-state index < -0.39 is 15.8 Å². The van der Waals surface area contributed by atoms with Crippen molar-refractivity contribution in [1.82, 2.24) is 4.72 Å². The topological polar surface area (TPSA) is 46.2 Å². The average molecular weight is 271 g/mol. The molecular weight excluding hydrogens is 253 g/mol. The molecule has 100 valence electrons. The molecule has 2 rings (SSSR count). The number of benzene rings is 1. The Morgan fingerprint density at radius 1 is 1.28 bits per heavy atom. The van der Waals surface area contributed by atoms with Gasteiger partial charge in [0.25, 0.3) is 0 Å². The van der Waals surface area contributed by atoms with E-state index in [1.807, 2.05) is 13.8 Å². The highest BCUT2D eigenvalue weighted by Crippen LogP contribution is 2.45. The predicted molar refractivity (Wildman–Crippen MR) is 68.4 cm³/mol. The smallest absolute Gasteiger partial charge is 0.207 e. The second kappa shape index (κ2) is 4.03. The van der Waals surface area contributed by atoms with Gasteiger partial charge in [-0.1, -0.05) is 13.8 Å². The van der Waals surface area contributed by atoms with E-state index >= 15 is 0 Å². The lowest BCUT2D eigenvalue weighted by Gasteiger charge is -2.13. The average Bonchev–Trinajstić information content (AvgIpc) is 2.68. The molecule has 0 aromatic heterocycles. The second-order valence-electron chi connectivity index (χ2n) is 5.74. The Morgan fingerprint density at radius 2 is 1.72 bits per heavy atom. The first-order valence-corrected chi connectivity index (χ1v) is 7.41. The van der Waals surface area contributed by atoms with E-state index in [2.05, 4.69) is 4.72 Å². The molecule has 1 aromatic carbocycles. The van der Waals surface area contributed by atoms with Crippen molar-refractivity contribution in [2.45, 2.75) is 45.1 Å². The molecule has 5 heteroatoms. The lowest BCUT2D eigenvalue weighted by Crippen LogP contribution is -2.29. The molecular formula is C13H18FNO2S. The first kappa shape index (κ1) is 13.5. The molecule has 1 aliphatic carbocycles. The van der Waals surface area contributed by atoms with Crippen molar-refractivity contribution in [2.75, 3.05) is 0 Å². The molecule has 1 saturated carbocycles. The summed E-state index contributed by atoms with van der Waals surface area (Å²) in [5.41, 5.74) is 0.909. The molecule has 0 bridgehead atoms. The maximum Gasteiger partial charge on any atom is 0.241 e. The summed E-state index contributed by atoms with van der Waals surface area (Å²) >= 11 is 0. The standard InChI is InChI=1S/C13H18FNO2S/c1-8-5-10(14)6-9(2)12(8)18(16,17)15-11-7-13(11,3)4/h5-6,11,15H,7H2,1-4H3. The number of aryl methyl sites for hydroxylation is 2. The van der Waals surface area contributed by atoms with Crippen molar-refractivity contribution in [1.29, 1.82) is 0 Å². The first-order chi connectivity index (χ1) is 8.13. The van der Waals surface area contributed by atoms with Crippen LogP contribution in [0.2, 0.25) is 0 Å². The zero-order chi connectivity index (χ0) is 13.7. The van der Waals surface area contributed by atoms with E-state index in [4.69, 9.17) is 0 Å². The largest absolute Gasteiger partial charge is 0.241 e. The van der Waals surface area contributed by atoms with Crippen molar-refractivity contribution in [3.8, 4) is 0 Å². The van der Waals surface area contributed by atoms with Crippen molar-refractivity contribution >= 4 is 10.0 Å². The van der Waals surface area contributed by atoms with Crippen LogP contribution >= 0.6 is 0 Å². The number of sulfonamides is 1. The molecule has 1 aromatic rings. The zero-order valence-electron chi connectivity index (χ0n) is 11.0. The summed E-state index contributed by atoms with van der Waals surface area (Å²) in [5.74, 6) is -0.407. The van der Waals surface area contributed by atoms with Crippen LogP contribution in [0, 0.1) is 25.1 Å². The van der Waals surface area contributed by atoms with Crippen LogP contribution in [0.1, 0.15) is 31.4 Å². The summed E-state index contributed by atoms with van der Waals surface area (Å²) in [6.45, 7) is 7.26. The number of halogens is 1. The Morgan fingerprint density at radius 3 is 2.11 bits per heavy atom. The third kappa shape index (κ3) is 2.42. The first-order valence-electron chi connectivity index (χ1n) is 5.92. The minimum atomic E-state index is -3.56. The van der Waals surface area contributed by atoms with E-state index in [-0.39, 0.29) is 16.4 Å². The van der Waals surface area contributed by atoms with E-state index in [0.717, 1.165) is 6.42 Å². The molecule has 0 saturated heterocycles. The summed E-state index contributed by atoms with van der Waals surface area (Å²) < 4.78 is 40.4. The Balaban J connectivity index is 2.36. The minimum absolute atomic E-state index is 0.0219. The highest BCUT2D eigenvalue weighted by Gasteiger charge is 2.48. The molecule has 1 atom stereocenters. The Hall–Kier alpha value is -0.940. The van der Waals surface area contributed by atoms with E-state index in [1.54, 1.807) is 13.8 Å². The van der Waals surface area contributed by atoms with Gasteiger partial charge in [-0.25, -0.2) is 17.5 Å². The van der Waals surface area contributed by atoms with Crippen molar-refractivity contribution in [3.05, 3.63) is 29.1 Å². The van der Waals surface area contributed by atoms with E-state index in [9.17, 15) is 12.8 Å². The van der Waals surface area contributed by atoms with Gasteiger partial charge in [0, 0.05) is 6.04 Å². The number of hydrogen-bond donors (Lipinski definition) is 1. The van der Waals surface area contributed by atoms with Crippen molar-refractivity contribution in [3.63, 3.8) is 0 Å². The van der Waals surface area contributed by atoms with Crippen molar-refractivity contribution in [2.24, 2.45) is 5.41 Å². The van der Waals surface area contributed by atoms with Gasteiger partial charge in [-0.2, -0.15) is 0 Å². The molecule has 3 nitrogen and oxygen atoms in total. The van der Waals surface area contributed by atoms with Gasteiger partial charge in [0.1, 0.15) is 5.82 Å². The minimum Gasteiger partial charge on any atom is -0.207 e. The van der Waals surface area contributed by atoms with Gasteiger partial charge >= 0.3 is 0 Å². The normalized spacial score (nSPS) is 21.9. The van der Waals surface area contributed by atoms with Crippen LogP contribution in [0.5, 0.6) is 0 Å². The van der Waals surface area contributed by atoms with Crippen LogP contribution < -0.4 is 4.72 Å². The Bertz CT molecular complexity index is 570.